The van der Waals surface area contributed by atoms with Gasteiger partial charge < -0.3 is 4.84 Å². The molecule has 0 aliphatic carbocycles. The molecule has 3 rings (SSSR count). The van der Waals surface area contributed by atoms with E-state index in [1.165, 1.54) is 0 Å². The van der Waals surface area contributed by atoms with E-state index in [4.69, 9.17) is 4.84 Å². The lowest BCUT2D eigenvalue weighted by molar-refractivity contribution is 0.0596. The van der Waals surface area contributed by atoms with Crippen LogP contribution in [0.5, 0.6) is 0 Å². The lowest BCUT2D eigenvalue weighted by atomic mass is 10.1. The van der Waals surface area contributed by atoms with E-state index in [9.17, 15) is 9.59 Å². The van der Waals surface area contributed by atoms with Crippen molar-refractivity contribution in [3.05, 3.63) is 93.1 Å². The van der Waals surface area contributed by atoms with Crippen molar-refractivity contribution in [2.45, 2.75) is 6.92 Å². The van der Waals surface area contributed by atoms with Gasteiger partial charge >= 0.3 is 5.97 Å². The number of azo groups is 1. The summed E-state index contributed by atoms with van der Waals surface area (Å²) in [6, 6.07) is 21.0. The van der Waals surface area contributed by atoms with E-state index in [2.05, 4.69) is 38.3 Å². The third-order valence-corrected chi connectivity index (χ3v) is 4.68. The second-order valence-corrected chi connectivity index (χ2v) is 7.06. The predicted octanol–water partition coefficient (Wildman–Crippen LogP) is 5.71. The molecule has 0 saturated heterocycles. The molecule has 3 aromatic rings. The van der Waals surface area contributed by atoms with E-state index in [0.29, 0.717) is 22.5 Å². The summed E-state index contributed by atoms with van der Waals surface area (Å²) in [5, 5.41) is 7.71. The Morgan fingerprint density at radius 2 is 1.71 bits per heavy atom. The molecule has 7 heteroatoms. The zero-order valence-corrected chi connectivity index (χ0v) is 17.1. The number of rotatable bonds is 5. The maximum absolute atomic E-state index is 12.1. The zero-order chi connectivity index (χ0) is 19.9. The number of nitrogens with zero attached hydrogens (tertiary/aromatic N) is 2. The maximum atomic E-state index is 12.1. The van der Waals surface area contributed by atoms with E-state index >= 15 is 0 Å². The number of amides is 1. The van der Waals surface area contributed by atoms with Crippen LogP contribution in [0.1, 0.15) is 26.3 Å². The Morgan fingerprint density at radius 3 is 2.43 bits per heavy atom. The van der Waals surface area contributed by atoms with Crippen LogP contribution in [-0.2, 0) is 4.84 Å². The average molecular weight is 485 g/mol. The van der Waals surface area contributed by atoms with E-state index in [1.807, 2.05) is 25.1 Å². The van der Waals surface area contributed by atoms with Gasteiger partial charge in [-0.15, -0.1) is 10.2 Å². The molecule has 3 aromatic carbocycles. The molecule has 1 N–H and O–H groups in total. The van der Waals surface area contributed by atoms with Gasteiger partial charge in [0, 0.05) is 3.57 Å². The summed E-state index contributed by atoms with van der Waals surface area (Å²) in [6.45, 7) is 1.90. The summed E-state index contributed by atoms with van der Waals surface area (Å²) in [5.41, 5.74) is 5.63. The van der Waals surface area contributed by atoms with Crippen molar-refractivity contribution in [2.24, 2.45) is 10.2 Å². The maximum Gasteiger partial charge on any atom is 0.362 e. The van der Waals surface area contributed by atoms with Crippen LogP contribution in [0.3, 0.4) is 0 Å². The summed E-state index contributed by atoms with van der Waals surface area (Å²) < 4.78 is 0.819. The van der Waals surface area contributed by atoms with Crippen LogP contribution in [0.15, 0.2) is 83.0 Å². The van der Waals surface area contributed by atoms with E-state index in [0.717, 1.165) is 9.13 Å². The van der Waals surface area contributed by atoms with E-state index < -0.39 is 11.9 Å². The highest BCUT2D eigenvalue weighted by Gasteiger charge is 2.09. The summed E-state index contributed by atoms with van der Waals surface area (Å²) in [6.07, 6.45) is 0. The number of carbonyl (C=O) groups excluding carboxylic acids is 2. The first-order valence-electron chi connectivity index (χ1n) is 8.37. The van der Waals surface area contributed by atoms with Gasteiger partial charge in [-0.05, 0) is 78.0 Å². The molecule has 0 unspecified atom stereocenters. The van der Waals surface area contributed by atoms with Crippen molar-refractivity contribution < 1.29 is 14.4 Å². The van der Waals surface area contributed by atoms with Gasteiger partial charge in [0.1, 0.15) is 0 Å². The van der Waals surface area contributed by atoms with E-state index in [1.54, 1.807) is 54.6 Å². The van der Waals surface area contributed by atoms with Crippen molar-refractivity contribution in [1.29, 1.82) is 0 Å². The Bertz CT molecular complexity index is 1030. The van der Waals surface area contributed by atoms with Gasteiger partial charge in [-0.1, -0.05) is 29.8 Å². The Hall–Kier alpha value is -3.07. The van der Waals surface area contributed by atoms with Gasteiger partial charge in [0.05, 0.1) is 22.5 Å². The lowest BCUT2D eigenvalue weighted by Gasteiger charge is -2.07. The molecule has 0 spiro atoms. The van der Waals surface area contributed by atoms with Crippen LogP contribution in [0.2, 0.25) is 0 Å². The van der Waals surface area contributed by atoms with Crippen LogP contribution in [-0.4, -0.2) is 11.9 Å². The Labute approximate surface area is 175 Å². The largest absolute Gasteiger partial charge is 0.362 e. The van der Waals surface area contributed by atoms with Crippen LogP contribution < -0.4 is 5.48 Å². The summed E-state index contributed by atoms with van der Waals surface area (Å²) >= 11 is 2.08. The third-order valence-electron chi connectivity index (χ3n) is 3.74. The molecule has 0 aromatic heterocycles. The predicted molar refractivity (Wildman–Crippen MR) is 115 cm³/mol. The van der Waals surface area contributed by atoms with Crippen molar-refractivity contribution in [3.63, 3.8) is 0 Å². The SMILES string of the molecule is Cc1cccc(C(=O)ONc2ccc(N=NC(=O)c3ccccc3I)cc2)c1. The molecule has 28 heavy (non-hydrogen) atoms. The number of hydrogen-bond donors (Lipinski definition) is 1. The number of anilines is 1. The van der Waals surface area contributed by atoms with Gasteiger partial charge in [-0.25, -0.2) is 10.3 Å². The summed E-state index contributed by atoms with van der Waals surface area (Å²) in [4.78, 5) is 29.2. The smallest absolute Gasteiger partial charge is 0.338 e. The number of aryl methyl sites for hydroxylation is 1. The first-order chi connectivity index (χ1) is 13.5. The molecule has 0 radical (unpaired) electrons. The van der Waals surface area contributed by atoms with Crippen molar-refractivity contribution in [1.82, 2.24) is 0 Å². The average Bonchev–Trinajstić information content (AvgIpc) is 2.71. The van der Waals surface area contributed by atoms with Crippen LogP contribution >= 0.6 is 22.6 Å². The molecule has 0 aliphatic rings. The topological polar surface area (TPSA) is 80.1 Å². The lowest BCUT2D eigenvalue weighted by Crippen LogP contribution is -2.10. The minimum Gasteiger partial charge on any atom is -0.338 e. The van der Waals surface area contributed by atoms with Crippen molar-refractivity contribution >= 4 is 45.8 Å². The van der Waals surface area contributed by atoms with Crippen LogP contribution in [0, 0.1) is 10.5 Å². The number of halogens is 1. The highest BCUT2D eigenvalue weighted by molar-refractivity contribution is 14.1. The number of benzene rings is 3. The zero-order valence-electron chi connectivity index (χ0n) is 14.9. The van der Waals surface area contributed by atoms with Crippen LogP contribution in [0.4, 0.5) is 11.4 Å². The molecular formula is C21H16IN3O3. The van der Waals surface area contributed by atoms with Gasteiger partial charge in [0.25, 0.3) is 5.91 Å². The number of carbonyl (C=O) groups is 2. The second-order valence-electron chi connectivity index (χ2n) is 5.89. The fourth-order valence-electron chi connectivity index (χ4n) is 2.32. The number of nitrogens with one attached hydrogen (secondary N) is 1. The van der Waals surface area contributed by atoms with E-state index in [-0.39, 0.29) is 0 Å². The van der Waals surface area contributed by atoms with Gasteiger partial charge in [0.2, 0.25) is 0 Å². The minimum absolute atomic E-state index is 0.403. The Morgan fingerprint density at radius 1 is 0.964 bits per heavy atom. The Kier molecular flexibility index (Phi) is 6.49. The number of hydrogen-bond acceptors (Lipinski definition) is 5. The van der Waals surface area contributed by atoms with Crippen molar-refractivity contribution in [3.8, 4) is 0 Å². The Balaban J connectivity index is 1.58. The minimum atomic E-state index is -0.476. The molecule has 140 valence electrons. The first-order valence-corrected chi connectivity index (χ1v) is 9.45. The molecule has 0 saturated carbocycles. The van der Waals surface area contributed by atoms with Gasteiger partial charge in [0.15, 0.2) is 0 Å². The fraction of sp³-hybridized carbons (Fsp3) is 0.0476. The van der Waals surface area contributed by atoms with Gasteiger partial charge in [-0.2, -0.15) is 0 Å². The molecule has 0 atom stereocenters. The molecule has 0 bridgehead atoms. The van der Waals surface area contributed by atoms with Crippen molar-refractivity contribution in [2.75, 3.05) is 5.48 Å². The molecule has 0 aliphatic heterocycles. The van der Waals surface area contributed by atoms with Gasteiger partial charge in [-0.3, -0.25) is 4.79 Å². The second kappa shape index (κ2) is 9.23. The van der Waals surface area contributed by atoms with Crippen LogP contribution in [0.25, 0.3) is 0 Å². The standard InChI is InChI=1S/C21H16IN3O3/c1-14-5-4-6-15(13-14)21(27)28-25-17-11-9-16(10-12-17)23-24-20(26)18-7-2-3-8-19(18)22/h2-13,25H,1H3. The molecule has 0 fully saturated rings. The third kappa shape index (κ3) is 5.23. The summed E-state index contributed by atoms with van der Waals surface area (Å²) in [7, 11) is 0. The molecule has 0 heterocycles. The normalized spacial score (nSPS) is 10.6. The monoisotopic (exact) mass is 485 g/mol. The quantitative estimate of drug-likeness (QED) is 0.285. The first kappa shape index (κ1) is 19.7. The highest BCUT2D eigenvalue weighted by Crippen LogP contribution is 2.19. The molecule has 6 nitrogen and oxygen atoms in total. The highest BCUT2D eigenvalue weighted by atomic mass is 127. The molecular weight excluding hydrogens is 469 g/mol. The molecule has 1 amide bonds. The summed E-state index contributed by atoms with van der Waals surface area (Å²) in [5.74, 6) is -0.880. The fourth-order valence-corrected chi connectivity index (χ4v) is 2.94.